The van der Waals surface area contributed by atoms with Crippen LogP contribution in [0.25, 0.3) is 0 Å². The minimum Gasteiger partial charge on any atom is -0.147 e. The fourth-order valence-corrected chi connectivity index (χ4v) is 18.7. The fourth-order valence-electron chi connectivity index (χ4n) is 2.89. The zero-order chi connectivity index (χ0) is 13.3. The molecular formula is C15H26Cl2Si2Ti. The summed E-state index contributed by atoms with van der Waals surface area (Å²) in [5.74, 6) is 0. The molecule has 2 aliphatic rings. The van der Waals surface area contributed by atoms with Crippen LogP contribution in [0.3, 0.4) is 0 Å². The molecule has 0 nitrogen and oxygen atoms in total. The molecule has 0 bridgehead atoms. The summed E-state index contributed by atoms with van der Waals surface area (Å²) >= 11 is -1.13. The number of halogens is 2. The zero-order valence-electron chi connectivity index (χ0n) is 13.1. The quantitative estimate of drug-likeness (QED) is 0.556. The summed E-state index contributed by atoms with van der Waals surface area (Å²) in [5.41, 5.74) is 0. The Kier molecular flexibility index (Phi) is 8.64. The topological polar surface area (TPSA) is 0 Å². The summed E-state index contributed by atoms with van der Waals surface area (Å²) in [6.45, 7) is 12.6. The molecule has 0 unspecified atom stereocenters. The minimum absolute atomic E-state index is 0. The van der Waals surface area contributed by atoms with E-state index in [4.69, 9.17) is 0 Å². The monoisotopic (exact) mass is 380 g/mol. The van der Waals surface area contributed by atoms with Gasteiger partial charge in [0.25, 0.3) is 0 Å². The first-order chi connectivity index (χ1) is 8.41. The molecule has 0 fully saturated rings. The maximum absolute atomic E-state index is 2.55. The molecule has 0 radical (unpaired) electrons. The Morgan fingerprint density at radius 3 is 2.15 bits per heavy atom. The van der Waals surface area contributed by atoms with E-state index >= 15 is 0 Å². The van der Waals surface area contributed by atoms with Crippen LogP contribution in [0.4, 0.5) is 0 Å². The van der Waals surface area contributed by atoms with Crippen molar-refractivity contribution in [2.75, 3.05) is 0 Å². The van der Waals surface area contributed by atoms with Crippen molar-refractivity contribution in [1.82, 2.24) is 0 Å². The van der Waals surface area contributed by atoms with Crippen molar-refractivity contribution in [2.45, 2.75) is 45.6 Å². The van der Waals surface area contributed by atoms with Crippen molar-refractivity contribution in [3.8, 4) is 0 Å². The summed E-state index contributed by atoms with van der Waals surface area (Å²) in [6, 6.07) is 0. The van der Waals surface area contributed by atoms with Crippen molar-refractivity contribution >= 4 is 39.1 Å². The van der Waals surface area contributed by atoms with Crippen LogP contribution in [0.1, 0.15) is 12.8 Å². The molecule has 0 aromatic rings. The van der Waals surface area contributed by atoms with Gasteiger partial charge in [-0.1, -0.05) is 0 Å². The van der Waals surface area contributed by atoms with Gasteiger partial charge in [-0.2, -0.15) is 0 Å². The molecule has 0 saturated carbocycles. The van der Waals surface area contributed by atoms with E-state index in [1.54, 1.807) is 5.20 Å². The van der Waals surface area contributed by atoms with E-state index in [1.807, 2.05) is 7.76 Å². The van der Waals surface area contributed by atoms with Gasteiger partial charge in [0.05, 0.1) is 0 Å². The van der Waals surface area contributed by atoms with Gasteiger partial charge in [0.15, 0.2) is 0 Å². The van der Waals surface area contributed by atoms with Crippen molar-refractivity contribution in [2.24, 2.45) is 0 Å². The smallest absolute Gasteiger partial charge is 0.147 e. The van der Waals surface area contributed by atoms with Crippen molar-refractivity contribution in [3.63, 3.8) is 0 Å². The molecule has 0 N–H and O–H groups in total. The molecular weight excluding hydrogens is 355 g/mol. The Balaban J connectivity index is 0.00000180. The molecule has 0 amide bonds. The van der Waals surface area contributed by atoms with E-state index in [-0.39, 0.29) is 31.0 Å². The number of rotatable bonds is 3. The maximum atomic E-state index is 2.55. The van der Waals surface area contributed by atoms with Crippen LogP contribution in [0.5, 0.6) is 0 Å². The van der Waals surface area contributed by atoms with Crippen LogP contribution in [-0.4, -0.2) is 14.3 Å². The minimum atomic E-state index is -1.14. The third-order valence-electron chi connectivity index (χ3n) is 3.63. The van der Waals surface area contributed by atoms with Crippen molar-refractivity contribution in [1.29, 1.82) is 0 Å². The van der Waals surface area contributed by atoms with E-state index < -0.39 is 24.7 Å². The molecule has 0 aliphatic heterocycles. The Morgan fingerprint density at radius 2 is 1.70 bits per heavy atom. The first-order valence-electron chi connectivity index (χ1n) is 6.85. The van der Waals surface area contributed by atoms with Crippen LogP contribution < -0.4 is 0 Å². The van der Waals surface area contributed by atoms with Crippen LogP contribution in [0.2, 0.25) is 32.7 Å². The van der Waals surface area contributed by atoms with Crippen molar-refractivity contribution < 1.29 is 16.6 Å². The summed E-state index contributed by atoms with van der Waals surface area (Å²) in [6.07, 6.45) is 14.4. The molecule has 0 aromatic heterocycles. The van der Waals surface area contributed by atoms with E-state index in [9.17, 15) is 0 Å². The van der Waals surface area contributed by atoms with Gasteiger partial charge in [-0.05, 0) is 0 Å². The van der Waals surface area contributed by atoms with Crippen LogP contribution in [-0.2, 0) is 16.6 Å². The van der Waals surface area contributed by atoms with Gasteiger partial charge >= 0.3 is 120 Å². The third kappa shape index (κ3) is 4.59. The molecule has 0 saturated heterocycles. The Bertz CT molecular complexity index is 516. The van der Waals surface area contributed by atoms with E-state index in [2.05, 4.69) is 63.1 Å². The van der Waals surface area contributed by atoms with Gasteiger partial charge in [0, 0.05) is 0 Å². The largest absolute Gasteiger partial charge is 0.147 e. The van der Waals surface area contributed by atoms with Crippen LogP contribution >= 0.6 is 24.8 Å². The number of allylic oxidation sites excluding steroid dienone is 8. The molecule has 112 valence electrons. The van der Waals surface area contributed by atoms with Gasteiger partial charge in [0.1, 0.15) is 0 Å². The second-order valence-corrected chi connectivity index (χ2v) is 23.3. The Hall–Kier alpha value is 0.688. The normalized spacial score (nSPS) is 16.8. The van der Waals surface area contributed by atoms with Gasteiger partial charge in [-0.3, -0.25) is 0 Å². The SMILES string of the molecule is C[Si](C)=[Ti]([C]1=CC=CC1)[C]1=C([Si](C)(C)C)C=CC1.Cl.Cl. The molecule has 2 aliphatic carbocycles. The van der Waals surface area contributed by atoms with Crippen LogP contribution in [0.15, 0.2) is 43.3 Å². The summed E-state index contributed by atoms with van der Waals surface area (Å²) in [7, 11) is -1.14. The third-order valence-corrected chi connectivity index (χ3v) is 17.6. The summed E-state index contributed by atoms with van der Waals surface area (Å²) in [4.78, 5) is 0. The maximum Gasteiger partial charge on any atom is -0.147 e. The van der Waals surface area contributed by atoms with Gasteiger partial charge in [0.2, 0.25) is 0 Å². The van der Waals surface area contributed by atoms with Crippen molar-refractivity contribution in [3.05, 3.63) is 43.3 Å². The van der Waals surface area contributed by atoms with E-state index in [1.165, 1.54) is 12.8 Å². The second-order valence-electron chi connectivity index (χ2n) is 6.45. The molecule has 0 aromatic carbocycles. The van der Waals surface area contributed by atoms with E-state index in [0.29, 0.717) is 0 Å². The second kappa shape index (κ2) is 8.35. The predicted octanol–water partition coefficient (Wildman–Crippen LogP) is 5.63. The average molecular weight is 381 g/mol. The Morgan fingerprint density at radius 1 is 1.05 bits per heavy atom. The molecule has 5 heteroatoms. The molecule has 0 atom stereocenters. The molecule has 0 heterocycles. The van der Waals surface area contributed by atoms with Gasteiger partial charge < -0.3 is 0 Å². The molecule has 2 rings (SSSR count). The standard InChI is InChI=1S/C8H13Si.C5H5.C2H6Si.2ClH.Ti/c1-9(2,3)8-6-4-5-7-8;1-2-4-5-3-1;1-3-2;;;/h4,6H,5H2,1-3H3;1-3H,4H2;1-2H3;2*1H;. The van der Waals surface area contributed by atoms with Gasteiger partial charge in [-0.25, -0.2) is 0 Å². The van der Waals surface area contributed by atoms with Gasteiger partial charge in [-0.15, -0.1) is 24.8 Å². The first kappa shape index (κ1) is 20.7. The predicted molar refractivity (Wildman–Crippen MR) is 97.9 cm³/mol. The fraction of sp³-hybridized carbons (Fsp3) is 0.467. The number of hydrogen-bond acceptors (Lipinski definition) is 0. The first-order valence-corrected chi connectivity index (χ1v) is 16.8. The zero-order valence-corrected chi connectivity index (χ0v) is 18.3. The molecule has 20 heavy (non-hydrogen) atoms. The van der Waals surface area contributed by atoms with Crippen LogP contribution in [0, 0.1) is 0 Å². The summed E-state index contributed by atoms with van der Waals surface area (Å²) < 4.78 is 3.77. The summed E-state index contributed by atoms with van der Waals surface area (Å²) in [5, 5.41) is 1.80. The Labute approximate surface area is 144 Å². The number of hydrogen-bond donors (Lipinski definition) is 0. The average Bonchev–Trinajstić information content (AvgIpc) is 2.86. The molecule has 0 spiro atoms. The van der Waals surface area contributed by atoms with E-state index in [0.717, 1.165) is 0 Å².